The Labute approximate surface area is 147 Å². The Balaban J connectivity index is 1.63. The van der Waals surface area contributed by atoms with Crippen LogP contribution in [0.25, 0.3) is 0 Å². The molecule has 2 aliphatic rings. The van der Waals surface area contributed by atoms with Gasteiger partial charge in [0.05, 0.1) is 6.10 Å². The summed E-state index contributed by atoms with van der Waals surface area (Å²) in [7, 11) is 1.66. The minimum atomic E-state index is -0.742. The van der Waals surface area contributed by atoms with Crippen molar-refractivity contribution in [3.63, 3.8) is 0 Å². The summed E-state index contributed by atoms with van der Waals surface area (Å²) in [6.45, 7) is 0.540. The maximum Gasteiger partial charge on any atom is 0.253 e. The van der Waals surface area contributed by atoms with Crippen molar-refractivity contribution in [2.24, 2.45) is 5.73 Å². The molecule has 3 heterocycles. The highest BCUT2D eigenvalue weighted by molar-refractivity contribution is 5.93. The molecule has 1 aromatic rings. The third-order valence-electron chi connectivity index (χ3n) is 5.43. The number of β-amino-alcohol motifs (C(OH)–C–C–N with tert-alkyl or cyclic N) is 1. The Morgan fingerprint density at radius 1 is 1.48 bits per heavy atom. The van der Waals surface area contributed by atoms with Crippen LogP contribution in [0.1, 0.15) is 36.0 Å². The molecule has 3 N–H and O–H groups in total. The summed E-state index contributed by atoms with van der Waals surface area (Å²) in [5.41, 5.74) is 5.54. The molecule has 3 atom stereocenters. The molecule has 0 spiro atoms. The number of hydrogen-bond acceptors (Lipinski definition) is 5. The minimum absolute atomic E-state index is 0.166. The van der Waals surface area contributed by atoms with Gasteiger partial charge in [0.1, 0.15) is 5.54 Å². The lowest BCUT2D eigenvalue weighted by molar-refractivity contribution is -0.131. The van der Waals surface area contributed by atoms with E-state index in [1.807, 2.05) is 0 Å². The van der Waals surface area contributed by atoms with Crippen LogP contribution >= 0.6 is 0 Å². The van der Waals surface area contributed by atoms with Crippen molar-refractivity contribution in [2.45, 2.75) is 43.4 Å². The zero-order valence-corrected chi connectivity index (χ0v) is 14.5. The number of pyridine rings is 1. The molecule has 1 unspecified atom stereocenters. The van der Waals surface area contributed by atoms with E-state index in [9.17, 15) is 14.7 Å². The average Bonchev–Trinajstić information content (AvgIpc) is 2.80. The van der Waals surface area contributed by atoms with Crippen LogP contribution in [0.5, 0.6) is 0 Å². The van der Waals surface area contributed by atoms with E-state index in [1.165, 1.54) is 4.90 Å². The highest BCUT2D eigenvalue weighted by Crippen LogP contribution is 2.43. The molecule has 135 valence electrons. The maximum absolute atomic E-state index is 12.4. The van der Waals surface area contributed by atoms with Crippen molar-refractivity contribution >= 4 is 11.8 Å². The Morgan fingerprint density at radius 2 is 2.20 bits per heavy atom. The van der Waals surface area contributed by atoms with Gasteiger partial charge in [-0.3, -0.25) is 19.5 Å². The number of piperidine rings is 1. The number of amides is 2. The Bertz CT molecular complexity index is 634. The largest absolute Gasteiger partial charge is 0.390 e. The van der Waals surface area contributed by atoms with Crippen molar-refractivity contribution in [2.75, 3.05) is 20.1 Å². The number of aliphatic hydroxyl groups is 1. The van der Waals surface area contributed by atoms with Gasteiger partial charge < -0.3 is 15.7 Å². The fraction of sp³-hybridized carbons (Fsp3) is 0.556. The van der Waals surface area contributed by atoms with Gasteiger partial charge in [-0.25, -0.2) is 0 Å². The van der Waals surface area contributed by atoms with Crippen molar-refractivity contribution in [1.29, 1.82) is 0 Å². The normalized spacial score (nSPS) is 27.0. The first-order valence-electron chi connectivity index (χ1n) is 8.66. The Hall–Kier alpha value is -1.99. The molecule has 7 heteroatoms. The number of nitrogens with two attached hydrogens (primary N) is 1. The Kier molecular flexibility index (Phi) is 5.06. The molecule has 2 bridgehead atoms. The lowest BCUT2D eigenvalue weighted by Crippen LogP contribution is -2.60. The van der Waals surface area contributed by atoms with Gasteiger partial charge >= 0.3 is 0 Å². The fourth-order valence-corrected chi connectivity index (χ4v) is 4.12. The molecule has 2 fully saturated rings. The first-order valence-corrected chi connectivity index (χ1v) is 8.66. The van der Waals surface area contributed by atoms with Crippen LogP contribution in [0, 0.1) is 6.42 Å². The number of nitrogens with zero attached hydrogens (tertiary/aromatic N) is 3. The smallest absolute Gasteiger partial charge is 0.253 e. The van der Waals surface area contributed by atoms with Gasteiger partial charge in [0, 0.05) is 44.1 Å². The van der Waals surface area contributed by atoms with Crippen molar-refractivity contribution < 1.29 is 14.7 Å². The fourth-order valence-electron chi connectivity index (χ4n) is 4.12. The summed E-state index contributed by atoms with van der Waals surface area (Å²) in [4.78, 5) is 31.9. The molecule has 1 aromatic heterocycles. The van der Waals surface area contributed by atoms with E-state index in [1.54, 1.807) is 31.6 Å². The van der Waals surface area contributed by atoms with Crippen molar-refractivity contribution in [3.8, 4) is 0 Å². The first-order chi connectivity index (χ1) is 11.9. The molecule has 0 saturated carbocycles. The number of rotatable bonds is 6. The van der Waals surface area contributed by atoms with Crippen molar-refractivity contribution in [1.82, 2.24) is 14.8 Å². The third kappa shape index (κ3) is 3.39. The summed E-state index contributed by atoms with van der Waals surface area (Å²) in [5.74, 6) is -0.486. The van der Waals surface area contributed by atoms with Crippen LogP contribution in [0.4, 0.5) is 0 Å². The molecule has 25 heavy (non-hydrogen) atoms. The predicted octanol–water partition coefficient (Wildman–Crippen LogP) is 0.201. The molecular weight excluding hydrogens is 320 g/mol. The van der Waals surface area contributed by atoms with Crippen LogP contribution in [-0.4, -0.2) is 69.5 Å². The number of fused-ring (bicyclic) bond motifs is 2. The zero-order valence-electron chi connectivity index (χ0n) is 14.5. The molecule has 3 rings (SSSR count). The molecule has 1 radical (unpaired) electrons. The van der Waals surface area contributed by atoms with Gasteiger partial charge in [-0.15, -0.1) is 0 Å². The van der Waals surface area contributed by atoms with Gasteiger partial charge in [-0.05, 0) is 44.2 Å². The highest BCUT2D eigenvalue weighted by atomic mass is 16.3. The van der Waals surface area contributed by atoms with E-state index in [0.29, 0.717) is 18.5 Å². The van der Waals surface area contributed by atoms with E-state index in [4.69, 9.17) is 5.73 Å². The summed E-state index contributed by atoms with van der Waals surface area (Å²) >= 11 is 0. The number of aliphatic hydroxyl groups excluding tert-OH is 1. The van der Waals surface area contributed by atoms with Crippen molar-refractivity contribution in [3.05, 3.63) is 36.5 Å². The molecule has 0 aromatic carbocycles. The molecule has 2 saturated heterocycles. The second-order valence-corrected chi connectivity index (χ2v) is 7.04. The zero-order chi connectivity index (χ0) is 18.0. The van der Waals surface area contributed by atoms with E-state index in [0.717, 1.165) is 19.3 Å². The van der Waals surface area contributed by atoms with E-state index in [-0.39, 0.29) is 24.4 Å². The van der Waals surface area contributed by atoms with Gasteiger partial charge in [-0.2, -0.15) is 0 Å². The second kappa shape index (κ2) is 7.09. The molecule has 2 amide bonds. The minimum Gasteiger partial charge on any atom is -0.390 e. The SMILES string of the molecule is CN(CC(O)CN1[C@@H]2C[CH]C[C@@]1(C(N)=O)CC2)C(=O)c1ccncc1. The summed E-state index contributed by atoms with van der Waals surface area (Å²) in [6, 6.07) is 3.54. The number of aromatic nitrogens is 1. The molecular formula is C18H25N4O3. The molecule has 2 aliphatic heterocycles. The van der Waals surface area contributed by atoms with Crippen LogP contribution in [0.2, 0.25) is 0 Å². The number of primary amides is 1. The molecule has 7 nitrogen and oxygen atoms in total. The average molecular weight is 345 g/mol. The van der Waals surface area contributed by atoms with Crippen LogP contribution < -0.4 is 5.73 Å². The lowest BCUT2D eigenvalue weighted by atomic mass is 9.87. The predicted molar refractivity (Wildman–Crippen MR) is 92.4 cm³/mol. The van der Waals surface area contributed by atoms with Gasteiger partial charge in [0.2, 0.25) is 5.91 Å². The van der Waals surface area contributed by atoms with Crippen LogP contribution in [0.3, 0.4) is 0 Å². The second-order valence-electron chi connectivity index (χ2n) is 7.04. The standard InChI is InChI=1S/C18H25N4O3/c1-21(16(24)13-5-9-20-10-6-13)11-15(23)12-22-14-3-2-7-18(22,8-4-14)17(19)25/h2,5-6,9-10,14-15,23H,3-4,7-8,11-12H2,1H3,(H2,19,25)/t14-,15?,18+/m1/s1. The van der Waals surface area contributed by atoms with E-state index < -0.39 is 11.6 Å². The first kappa shape index (κ1) is 17.8. The summed E-state index contributed by atoms with van der Waals surface area (Å²) in [6.07, 6.45) is 7.72. The lowest BCUT2D eigenvalue weighted by Gasteiger charge is -2.43. The van der Waals surface area contributed by atoms with Crippen LogP contribution in [0.15, 0.2) is 24.5 Å². The Morgan fingerprint density at radius 3 is 2.88 bits per heavy atom. The number of likely N-dealkylation sites (N-methyl/N-ethyl adjacent to an activating group) is 1. The topological polar surface area (TPSA) is 99.8 Å². The van der Waals surface area contributed by atoms with E-state index in [2.05, 4.69) is 16.3 Å². The monoisotopic (exact) mass is 345 g/mol. The number of hydrogen-bond donors (Lipinski definition) is 2. The van der Waals surface area contributed by atoms with Crippen LogP contribution in [-0.2, 0) is 4.79 Å². The summed E-state index contributed by atoms with van der Waals surface area (Å²) in [5, 5.41) is 10.5. The van der Waals surface area contributed by atoms with E-state index >= 15 is 0 Å². The number of carbonyl (C=O) groups excluding carboxylic acids is 2. The maximum atomic E-state index is 12.4. The van der Waals surface area contributed by atoms with Gasteiger partial charge in [0.15, 0.2) is 0 Å². The van der Waals surface area contributed by atoms with Gasteiger partial charge in [0.25, 0.3) is 5.91 Å². The number of carbonyl (C=O) groups is 2. The summed E-state index contributed by atoms with van der Waals surface area (Å²) < 4.78 is 0. The van der Waals surface area contributed by atoms with Gasteiger partial charge in [-0.1, -0.05) is 0 Å². The quantitative estimate of drug-likeness (QED) is 0.767. The third-order valence-corrected chi connectivity index (χ3v) is 5.43. The highest BCUT2D eigenvalue weighted by Gasteiger charge is 2.52. The molecule has 0 aliphatic carbocycles.